The second-order valence-electron chi connectivity index (χ2n) is 7.10. The zero-order valence-corrected chi connectivity index (χ0v) is 18.8. The fourth-order valence-corrected chi connectivity index (χ4v) is 5.51. The molecule has 0 fully saturated rings. The molecule has 1 aliphatic heterocycles. The van der Waals surface area contributed by atoms with E-state index in [1.165, 1.54) is 26.4 Å². The van der Waals surface area contributed by atoms with E-state index >= 15 is 0 Å². The number of benzene rings is 2. The molecule has 0 bridgehead atoms. The SMILES string of the molecule is COc1cccc([C@H]2S[C@H](CC(=O)O)c3nnc(C(F)(F)F)n3-c3ccc(Cl)cc32)c1OC. The normalized spacial score (nSPS) is 17.6. The van der Waals surface area contributed by atoms with Crippen LogP contribution in [0.25, 0.3) is 5.69 Å². The van der Waals surface area contributed by atoms with E-state index in [9.17, 15) is 23.1 Å². The van der Waals surface area contributed by atoms with Gasteiger partial charge in [0.05, 0.1) is 36.8 Å². The van der Waals surface area contributed by atoms with Crippen LogP contribution in [0.4, 0.5) is 13.2 Å². The molecule has 33 heavy (non-hydrogen) atoms. The highest BCUT2D eigenvalue weighted by atomic mass is 35.5. The summed E-state index contributed by atoms with van der Waals surface area (Å²) in [5.41, 5.74) is 1.17. The van der Waals surface area contributed by atoms with Gasteiger partial charge in [0.1, 0.15) is 0 Å². The summed E-state index contributed by atoms with van der Waals surface area (Å²) in [4.78, 5) is 11.6. The molecule has 1 aromatic heterocycles. The molecule has 0 radical (unpaired) electrons. The number of carboxylic acid groups (broad SMARTS) is 1. The van der Waals surface area contributed by atoms with Gasteiger partial charge in [-0.2, -0.15) is 13.2 Å². The van der Waals surface area contributed by atoms with Crippen LogP contribution in [0, 0.1) is 0 Å². The van der Waals surface area contributed by atoms with Crippen molar-refractivity contribution >= 4 is 29.3 Å². The van der Waals surface area contributed by atoms with E-state index in [4.69, 9.17) is 21.1 Å². The number of para-hydroxylation sites is 1. The van der Waals surface area contributed by atoms with Crippen LogP contribution in [0.15, 0.2) is 36.4 Å². The second kappa shape index (κ2) is 8.79. The van der Waals surface area contributed by atoms with Gasteiger partial charge >= 0.3 is 12.1 Å². The molecule has 1 N–H and O–H groups in total. The molecule has 7 nitrogen and oxygen atoms in total. The summed E-state index contributed by atoms with van der Waals surface area (Å²) >= 11 is 7.38. The highest BCUT2D eigenvalue weighted by molar-refractivity contribution is 8.00. The standard InChI is InChI=1S/C21H17ClF3N3O4S/c1-31-14-5-3-4-11(17(14)32-2)18-12-8-10(22)6-7-13(12)28-19(15(33-18)9-16(29)30)26-27-20(28)21(23,24)25/h3-8,15,18H,9H2,1-2H3,(H,29,30)/t15-,18-/m1/s1. The molecule has 0 unspecified atom stereocenters. The van der Waals surface area contributed by atoms with Gasteiger partial charge in [-0.05, 0) is 29.8 Å². The Balaban J connectivity index is 2.04. The predicted octanol–water partition coefficient (Wildman–Crippen LogP) is 5.31. The van der Waals surface area contributed by atoms with Gasteiger partial charge < -0.3 is 14.6 Å². The van der Waals surface area contributed by atoms with Crippen LogP contribution in [0.3, 0.4) is 0 Å². The number of hydrogen-bond acceptors (Lipinski definition) is 6. The Hall–Kier alpha value is -2.92. The van der Waals surface area contributed by atoms with E-state index in [0.29, 0.717) is 27.6 Å². The van der Waals surface area contributed by atoms with Crippen molar-refractivity contribution < 1.29 is 32.5 Å². The Kier molecular flexibility index (Phi) is 6.19. The number of nitrogens with zero attached hydrogens (tertiary/aromatic N) is 3. The number of aromatic nitrogens is 3. The van der Waals surface area contributed by atoms with Gasteiger partial charge in [-0.25, -0.2) is 0 Å². The Morgan fingerprint density at radius 1 is 1.18 bits per heavy atom. The van der Waals surface area contributed by atoms with Crippen molar-refractivity contribution in [1.29, 1.82) is 0 Å². The molecule has 2 heterocycles. The molecule has 0 saturated carbocycles. The van der Waals surface area contributed by atoms with E-state index in [2.05, 4.69) is 10.2 Å². The average Bonchev–Trinajstić information content (AvgIpc) is 3.16. The molecule has 2 atom stereocenters. The third-order valence-electron chi connectivity index (χ3n) is 5.12. The number of carboxylic acids is 1. The molecular formula is C21H17ClF3N3O4S. The lowest BCUT2D eigenvalue weighted by molar-refractivity contribution is -0.146. The van der Waals surface area contributed by atoms with Gasteiger partial charge in [0, 0.05) is 10.6 Å². The fraction of sp³-hybridized carbons (Fsp3) is 0.286. The molecule has 0 spiro atoms. The molecule has 2 aromatic carbocycles. The second-order valence-corrected chi connectivity index (χ2v) is 8.85. The Bertz CT molecular complexity index is 1220. The lowest BCUT2D eigenvalue weighted by atomic mass is 10.0. The highest BCUT2D eigenvalue weighted by Crippen LogP contribution is 2.54. The summed E-state index contributed by atoms with van der Waals surface area (Å²) in [6.07, 6.45) is -5.28. The molecule has 4 rings (SSSR count). The van der Waals surface area contributed by atoms with Crippen molar-refractivity contribution in [3.8, 4) is 17.2 Å². The van der Waals surface area contributed by atoms with Gasteiger partial charge in [0.15, 0.2) is 17.3 Å². The van der Waals surface area contributed by atoms with Crippen molar-refractivity contribution in [3.05, 3.63) is 64.2 Å². The van der Waals surface area contributed by atoms with Crippen molar-refractivity contribution in [2.24, 2.45) is 0 Å². The quantitative estimate of drug-likeness (QED) is 0.509. The first-order valence-corrected chi connectivity index (χ1v) is 10.9. The molecule has 1 aliphatic rings. The molecule has 0 aliphatic carbocycles. The van der Waals surface area contributed by atoms with Crippen LogP contribution in [0.1, 0.15) is 39.7 Å². The third kappa shape index (κ3) is 4.22. The number of fused-ring (bicyclic) bond motifs is 3. The zero-order valence-electron chi connectivity index (χ0n) is 17.3. The van der Waals surface area contributed by atoms with E-state index in [1.807, 2.05) is 0 Å². The van der Waals surface area contributed by atoms with E-state index < -0.39 is 34.9 Å². The Morgan fingerprint density at radius 2 is 1.94 bits per heavy atom. The molecular weight excluding hydrogens is 483 g/mol. The number of rotatable bonds is 5. The monoisotopic (exact) mass is 499 g/mol. The molecule has 0 saturated heterocycles. The van der Waals surface area contributed by atoms with Gasteiger partial charge in [-0.1, -0.05) is 23.7 Å². The summed E-state index contributed by atoms with van der Waals surface area (Å²) < 4.78 is 53.3. The molecule has 0 amide bonds. The molecule has 174 valence electrons. The maximum absolute atomic E-state index is 13.8. The Morgan fingerprint density at radius 3 is 2.58 bits per heavy atom. The minimum absolute atomic E-state index is 0.109. The van der Waals surface area contributed by atoms with Crippen LogP contribution in [0.2, 0.25) is 5.02 Å². The zero-order chi connectivity index (χ0) is 23.9. The highest BCUT2D eigenvalue weighted by Gasteiger charge is 2.43. The number of ether oxygens (including phenoxy) is 2. The van der Waals surface area contributed by atoms with E-state index in [-0.39, 0.29) is 11.5 Å². The average molecular weight is 500 g/mol. The minimum Gasteiger partial charge on any atom is -0.493 e. The maximum Gasteiger partial charge on any atom is 0.452 e. The number of thioether (sulfide) groups is 1. The van der Waals surface area contributed by atoms with Crippen molar-refractivity contribution in [2.45, 2.75) is 23.1 Å². The van der Waals surface area contributed by atoms with Crippen LogP contribution in [-0.4, -0.2) is 40.1 Å². The topological polar surface area (TPSA) is 86.5 Å². The summed E-state index contributed by atoms with van der Waals surface area (Å²) in [5, 5.41) is 15.3. The van der Waals surface area contributed by atoms with Crippen molar-refractivity contribution in [1.82, 2.24) is 14.8 Å². The summed E-state index contributed by atoms with van der Waals surface area (Å²) in [6.45, 7) is 0. The predicted molar refractivity (Wildman–Crippen MR) is 115 cm³/mol. The molecule has 3 aromatic rings. The minimum atomic E-state index is -4.81. The number of methoxy groups -OCH3 is 2. The van der Waals surface area contributed by atoms with Gasteiger partial charge in [0.2, 0.25) is 5.82 Å². The Labute approximate surface area is 195 Å². The van der Waals surface area contributed by atoms with Crippen LogP contribution in [0.5, 0.6) is 11.5 Å². The van der Waals surface area contributed by atoms with E-state index in [1.54, 1.807) is 24.3 Å². The van der Waals surface area contributed by atoms with Gasteiger partial charge in [-0.3, -0.25) is 9.36 Å². The number of alkyl halides is 3. The van der Waals surface area contributed by atoms with Gasteiger partial charge in [-0.15, -0.1) is 22.0 Å². The van der Waals surface area contributed by atoms with Crippen molar-refractivity contribution in [2.75, 3.05) is 14.2 Å². The number of carbonyl (C=O) groups is 1. The number of halogens is 4. The third-order valence-corrected chi connectivity index (χ3v) is 6.84. The summed E-state index contributed by atoms with van der Waals surface area (Å²) in [5.74, 6) is -1.73. The smallest absolute Gasteiger partial charge is 0.452 e. The first-order valence-electron chi connectivity index (χ1n) is 9.56. The maximum atomic E-state index is 13.8. The van der Waals surface area contributed by atoms with E-state index in [0.717, 1.165) is 16.3 Å². The first-order chi connectivity index (χ1) is 15.7. The van der Waals surface area contributed by atoms with Crippen LogP contribution < -0.4 is 9.47 Å². The van der Waals surface area contributed by atoms with Crippen LogP contribution in [-0.2, 0) is 11.0 Å². The van der Waals surface area contributed by atoms with Crippen molar-refractivity contribution in [3.63, 3.8) is 0 Å². The number of hydrogen-bond donors (Lipinski definition) is 1. The van der Waals surface area contributed by atoms with Gasteiger partial charge in [0.25, 0.3) is 0 Å². The number of aliphatic carboxylic acids is 1. The summed E-state index contributed by atoms with van der Waals surface area (Å²) in [6, 6.07) is 9.63. The van der Waals surface area contributed by atoms with Crippen LogP contribution >= 0.6 is 23.4 Å². The fourth-order valence-electron chi connectivity index (χ4n) is 3.82. The lowest BCUT2D eigenvalue weighted by Gasteiger charge is -2.23. The molecule has 12 heteroatoms. The summed E-state index contributed by atoms with van der Waals surface area (Å²) in [7, 11) is 2.92. The largest absolute Gasteiger partial charge is 0.493 e. The first kappa shape index (κ1) is 23.2. The lowest BCUT2D eigenvalue weighted by Crippen LogP contribution is -2.16.